The molecule has 0 saturated heterocycles. The highest BCUT2D eigenvalue weighted by Gasteiger charge is 2.20. The Morgan fingerprint density at radius 2 is 2.17 bits per heavy atom. The van der Waals surface area contributed by atoms with Gasteiger partial charge in [-0.05, 0) is 37.3 Å². The van der Waals surface area contributed by atoms with Crippen molar-refractivity contribution in [2.45, 2.75) is 32.1 Å². The lowest BCUT2D eigenvalue weighted by atomic mass is 10.2. The molecule has 0 unspecified atom stereocenters. The van der Waals surface area contributed by atoms with Crippen molar-refractivity contribution in [2.24, 2.45) is 5.92 Å². The van der Waals surface area contributed by atoms with Crippen molar-refractivity contribution in [3.05, 3.63) is 40.4 Å². The molecule has 0 bridgehead atoms. The molecule has 2 aromatic rings. The molecule has 1 amide bonds. The molecule has 128 valence electrons. The fraction of sp³-hybridized carbons (Fsp3) is 0.500. The summed E-state index contributed by atoms with van der Waals surface area (Å²) in [6.45, 7) is 2.16. The van der Waals surface area contributed by atoms with Crippen molar-refractivity contribution in [1.82, 2.24) is 15.3 Å². The molecular weight excluding hydrogens is 306 g/mol. The number of aryl methyl sites for hydroxylation is 1. The minimum Gasteiger partial charge on any atom is -0.381 e. The minimum atomic E-state index is -0.163. The van der Waals surface area contributed by atoms with Crippen LogP contribution < -0.4 is 10.9 Å². The molecule has 1 aromatic carbocycles. The van der Waals surface area contributed by atoms with Gasteiger partial charge in [0, 0.05) is 32.6 Å². The van der Waals surface area contributed by atoms with Crippen LogP contribution in [0.5, 0.6) is 0 Å². The number of aromatic amines is 1. The highest BCUT2D eigenvalue weighted by atomic mass is 16.5. The number of H-pyrrole nitrogens is 1. The first-order valence-electron chi connectivity index (χ1n) is 8.55. The summed E-state index contributed by atoms with van der Waals surface area (Å²) in [7, 11) is 0. The molecule has 0 aliphatic heterocycles. The normalized spacial score (nSPS) is 14.0. The Balaban J connectivity index is 1.38. The molecule has 2 N–H and O–H groups in total. The Labute approximate surface area is 140 Å². The fourth-order valence-corrected chi connectivity index (χ4v) is 2.51. The number of carbonyl (C=O) groups is 1. The monoisotopic (exact) mass is 329 g/mol. The number of hydrogen-bond donors (Lipinski definition) is 2. The van der Waals surface area contributed by atoms with Crippen molar-refractivity contribution < 1.29 is 9.53 Å². The lowest BCUT2D eigenvalue weighted by molar-refractivity contribution is -0.121. The number of benzene rings is 1. The first-order chi connectivity index (χ1) is 11.7. The van der Waals surface area contributed by atoms with Gasteiger partial charge >= 0.3 is 0 Å². The molecule has 0 radical (unpaired) electrons. The van der Waals surface area contributed by atoms with Crippen molar-refractivity contribution in [2.75, 3.05) is 19.8 Å². The molecule has 1 aromatic heterocycles. The van der Waals surface area contributed by atoms with Gasteiger partial charge in [0.1, 0.15) is 5.82 Å². The van der Waals surface area contributed by atoms with Gasteiger partial charge in [-0.2, -0.15) is 0 Å². The van der Waals surface area contributed by atoms with E-state index in [1.54, 1.807) is 18.2 Å². The van der Waals surface area contributed by atoms with Crippen LogP contribution in [0.1, 0.15) is 31.5 Å². The predicted octanol–water partition coefficient (Wildman–Crippen LogP) is 1.79. The Morgan fingerprint density at radius 1 is 1.33 bits per heavy atom. The summed E-state index contributed by atoms with van der Waals surface area (Å²) in [6, 6.07) is 7.19. The molecule has 1 saturated carbocycles. The second kappa shape index (κ2) is 8.06. The number of carbonyl (C=O) groups excluding carboxylic acids is 1. The number of hydrogen-bond acceptors (Lipinski definition) is 4. The van der Waals surface area contributed by atoms with Gasteiger partial charge in [0.05, 0.1) is 10.9 Å². The van der Waals surface area contributed by atoms with Crippen LogP contribution in [-0.2, 0) is 16.0 Å². The van der Waals surface area contributed by atoms with E-state index < -0.39 is 0 Å². The number of nitrogens with zero attached hydrogens (tertiary/aromatic N) is 1. The van der Waals surface area contributed by atoms with Crippen molar-refractivity contribution in [3.63, 3.8) is 0 Å². The fourth-order valence-electron chi connectivity index (χ4n) is 2.51. The first-order valence-corrected chi connectivity index (χ1v) is 8.55. The number of aromatic nitrogens is 2. The Hall–Kier alpha value is -2.21. The van der Waals surface area contributed by atoms with Crippen LogP contribution in [0.25, 0.3) is 10.9 Å². The smallest absolute Gasteiger partial charge is 0.258 e. The zero-order valence-corrected chi connectivity index (χ0v) is 13.7. The third-order valence-electron chi connectivity index (χ3n) is 4.09. The number of para-hydroxylation sites is 1. The molecule has 6 heteroatoms. The van der Waals surface area contributed by atoms with E-state index in [0.29, 0.717) is 42.7 Å². The third-order valence-corrected chi connectivity index (χ3v) is 4.09. The van der Waals surface area contributed by atoms with E-state index in [4.69, 9.17) is 4.74 Å². The molecule has 3 rings (SSSR count). The van der Waals surface area contributed by atoms with Gasteiger partial charge in [-0.1, -0.05) is 12.1 Å². The maximum absolute atomic E-state index is 12.0. The maximum Gasteiger partial charge on any atom is 0.258 e. The Kier molecular flexibility index (Phi) is 5.59. The van der Waals surface area contributed by atoms with Gasteiger partial charge in [0.15, 0.2) is 0 Å². The van der Waals surface area contributed by atoms with Crippen molar-refractivity contribution in [1.29, 1.82) is 0 Å². The van der Waals surface area contributed by atoms with Crippen LogP contribution in [0.15, 0.2) is 29.1 Å². The van der Waals surface area contributed by atoms with Crippen LogP contribution in [0.3, 0.4) is 0 Å². The number of amides is 1. The van der Waals surface area contributed by atoms with Gasteiger partial charge in [-0.3, -0.25) is 9.59 Å². The van der Waals surface area contributed by atoms with Crippen LogP contribution in [0.2, 0.25) is 0 Å². The number of rotatable bonds is 9. The first kappa shape index (κ1) is 16.6. The highest BCUT2D eigenvalue weighted by molar-refractivity contribution is 5.78. The molecule has 6 nitrogen and oxygen atoms in total. The molecule has 0 spiro atoms. The highest BCUT2D eigenvalue weighted by Crippen LogP contribution is 2.28. The van der Waals surface area contributed by atoms with Gasteiger partial charge < -0.3 is 15.0 Å². The van der Waals surface area contributed by atoms with E-state index in [9.17, 15) is 9.59 Å². The number of ether oxygens (including phenoxy) is 1. The summed E-state index contributed by atoms with van der Waals surface area (Å²) in [5.41, 5.74) is 0.494. The summed E-state index contributed by atoms with van der Waals surface area (Å²) in [4.78, 5) is 30.9. The average molecular weight is 329 g/mol. The quantitative estimate of drug-likeness (QED) is 0.687. The zero-order chi connectivity index (χ0) is 16.8. The van der Waals surface area contributed by atoms with E-state index in [2.05, 4.69) is 15.3 Å². The van der Waals surface area contributed by atoms with Gasteiger partial charge in [-0.15, -0.1) is 0 Å². The molecular formula is C18H23N3O3. The van der Waals surface area contributed by atoms with Crippen LogP contribution in [-0.4, -0.2) is 35.6 Å². The van der Waals surface area contributed by atoms with Crippen LogP contribution >= 0.6 is 0 Å². The molecule has 0 atom stereocenters. The van der Waals surface area contributed by atoms with Crippen LogP contribution in [0, 0.1) is 5.92 Å². The molecule has 1 heterocycles. The second-order valence-electron chi connectivity index (χ2n) is 6.25. The molecule has 1 aliphatic rings. The standard InChI is InChI=1S/C18H23N3O3/c22-17(19-10-3-11-24-12-13-6-7-13)9-8-16-20-15-5-2-1-4-14(15)18(23)21-16/h1-2,4-5,13H,3,6-12H2,(H,19,22)(H,20,21,23). The van der Waals surface area contributed by atoms with Gasteiger partial charge in [0.2, 0.25) is 5.91 Å². The van der Waals surface area contributed by atoms with E-state index in [-0.39, 0.29) is 11.5 Å². The summed E-state index contributed by atoms with van der Waals surface area (Å²) >= 11 is 0. The topological polar surface area (TPSA) is 84.1 Å². The molecule has 24 heavy (non-hydrogen) atoms. The van der Waals surface area contributed by atoms with E-state index >= 15 is 0 Å². The summed E-state index contributed by atoms with van der Waals surface area (Å²) in [6.07, 6.45) is 4.14. The lowest BCUT2D eigenvalue weighted by Gasteiger charge is -2.06. The Bertz CT molecular complexity index is 753. The molecule has 1 fully saturated rings. The lowest BCUT2D eigenvalue weighted by Crippen LogP contribution is -2.26. The number of nitrogens with one attached hydrogen (secondary N) is 2. The molecule has 1 aliphatic carbocycles. The summed E-state index contributed by atoms with van der Waals surface area (Å²) in [5, 5.41) is 3.44. The average Bonchev–Trinajstić information content (AvgIpc) is 3.40. The summed E-state index contributed by atoms with van der Waals surface area (Å²) < 4.78 is 5.52. The number of fused-ring (bicyclic) bond motifs is 1. The Morgan fingerprint density at radius 3 is 3.00 bits per heavy atom. The predicted molar refractivity (Wildman–Crippen MR) is 91.9 cm³/mol. The van der Waals surface area contributed by atoms with E-state index in [1.807, 2.05) is 6.07 Å². The van der Waals surface area contributed by atoms with Gasteiger partial charge in [-0.25, -0.2) is 4.98 Å². The minimum absolute atomic E-state index is 0.0343. The zero-order valence-electron chi connectivity index (χ0n) is 13.7. The van der Waals surface area contributed by atoms with Crippen molar-refractivity contribution >= 4 is 16.8 Å². The van der Waals surface area contributed by atoms with Crippen molar-refractivity contribution in [3.8, 4) is 0 Å². The maximum atomic E-state index is 12.0. The SMILES string of the molecule is O=C(CCc1nc2ccccc2c(=O)[nH]1)NCCCOCC1CC1. The van der Waals surface area contributed by atoms with E-state index in [1.165, 1.54) is 12.8 Å². The second-order valence-corrected chi connectivity index (χ2v) is 6.25. The third kappa shape index (κ3) is 4.89. The van der Waals surface area contributed by atoms with Crippen LogP contribution in [0.4, 0.5) is 0 Å². The van der Waals surface area contributed by atoms with Gasteiger partial charge in [0.25, 0.3) is 5.56 Å². The van der Waals surface area contributed by atoms with E-state index in [0.717, 1.165) is 18.9 Å². The summed E-state index contributed by atoms with van der Waals surface area (Å²) in [5.74, 6) is 1.28. The largest absolute Gasteiger partial charge is 0.381 e.